The lowest BCUT2D eigenvalue weighted by Gasteiger charge is -2.09. The van der Waals surface area contributed by atoms with Gasteiger partial charge >= 0.3 is 0 Å². The van der Waals surface area contributed by atoms with Crippen LogP contribution in [0.2, 0.25) is 0 Å². The van der Waals surface area contributed by atoms with Gasteiger partial charge < -0.3 is 0 Å². The van der Waals surface area contributed by atoms with Crippen LogP contribution in [0.3, 0.4) is 0 Å². The Bertz CT molecular complexity index is 542. The van der Waals surface area contributed by atoms with Crippen molar-refractivity contribution in [1.82, 2.24) is 20.2 Å². The number of aromatic nitrogens is 4. The van der Waals surface area contributed by atoms with Gasteiger partial charge in [-0.15, -0.1) is 16.7 Å². The molecule has 0 aliphatic heterocycles. The quantitative estimate of drug-likeness (QED) is 0.804. The second kappa shape index (κ2) is 5.02. The molecule has 1 heterocycles. The van der Waals surface area contributed by atoms with Crippen LogP contribution in [0.1, 0.15) is 34.8 Å². The monoisotopic (exact) mass is 268 g/mol. The summed E-state index contributed by atoms with van der Waals surface area (Å²) in [6.07, 6.45) is 0. The van der Waals surface area contributed by atoms with Crippen molar-refractivity contribution >= 4 is 11.6 Å². The Balaban J connectivity index is 2.32. The van der Waals surface area contributed by atoms with Crippen molar-refractivity contribution in [2.24, 2.45) is 0 Å². The van der Waals surface area contributed by atoms with Crippen LogP contribution in [0.25, 0.3) is 0 Å². The van der Waals surface area contributed by atoms with E-state index in [1.165, 1.54) is 0 Å². The SMILES string of the molecule is Cc1cc(Cn2nnnc2C(C)Cl)cc(C)c1F. The van der Waals surface area contributed by atoms with Crippen molar-refractivity contribution in [3.05, 3.63) is 40.5 Å². The molecule has 1 aromatic heterocycles. The lowest BCUT2D eigenvalue weighted by Crippen LogP contribution is -2.08. The molecule has 0 fully saturated rings. The molecule has 0 radical (unpaired) electrons. The molecule has 1 aromatic carbocycles. The zero-order chi connectivity index (χ0) is 13.3. The lowest BCUT2D eigenvalue weighted by molar-refractivity contribution is 0.598. The molecule has 0 saturated heterocycles. The fourth-order valence-corrected chi connectivity index (χ4v) is 2.07. The average molecular weight is 269 g/mol. The van der Waals surface area contributed by atoms with Crippen LogP contribution in [0.5, 0.6) is 0 Å². The molecule has 2 rings (SSSR count). The first-order valence-corrected chi connectivity index (χ1v) is 6.08. The maximum Gasteiger partial charge on any atom is 0.169 e. The fourth-order valence-electron chi connectivity index (χ4n) is 1.91. The largest absolute Gasteiger partial charge is 0.224 e. The molecule has 0 amide bonds. The van der Waals surface area contributed by atoms with Crippen molar-refractivity contribution < 1.29 is 4.39 Å². The number of halogens is 2. The van der Waals surface area contributed by atoms with Gasteiger partial charge in [-0.3, -0.25) is 0 Å². The van der Waals surface area contributed by atoms with E-state index in [0.717, 1.165) is 5.56 Å². The number of tetrazole rings is 1. The van der Waals surface area contributed by atoms with E-state index in [0.29, 0.717) is 23.5 Å². The number of alkyl halides is 1. The van der Waals surface area contributed by atoms with E-state index in [2.05, 4.69) is 15.5 Å². The number of aryl methyl sites for hydroxylation is 2. The second-order valence-electron chi connectivity index (χ2n) is 4.35. The van der Waals surface area contributed by atoms with Gasteiger partial charge in [-0.05, 0) is 47.9 Å². The van der Waals surface area contributed by atoms with Gasteiger partial charge in [0.05, 0.1) is 11.9 Å². The van der Waals surface area contributed by atoms with Crippen LogP contribution in [-0.2, 0) is 6.54 Å². The lowest BCUT2D eigenvalue weighted by atomic mass is 10.1. The van der Waals surface area contributed by atoms with Crippen LogP contribution in [0, 0.1) is 19.7 Å². The molecule has 0 bridgehead atoms. The van der Waals surface area contributed by atoms with E-state index < -0.39 is 0 Å². The molecule has 0 aliphatic rings. The third-order valence-corrected chi connectivity index (χ3v) is 2.94. The van der Waals surface area contributed by atoms with E-state index >= 15 is 0 Å². The summed E-state index contributed by atoms with van der Waals surface area (Å²) >= 11 is 5.98. The molecule has 0 aliphatic carbocycles. The summed E-state index contributed by atoms with van der Waals surface area (Å²) in [5.41, 5.74) is 2.20. The van der Waals surface area contributed by atoms with Crippen molar-refractivity contribution in [1.29, 1.82) is 0 Å². The van der Waals surface area contributed by atoms with Crippen LogP contribution in [-0.4, -0.2) is 20.2 Å². The Labute approximate surface area is 110 Å². The average Bonchev–Trinajstić information content (AvgIpc) is 2.74. The summed E-state index contributed by atoms with van der Waals surface area (Å²) in [5.74, 6) is 0.442. The summed E-state index contributed by atoms with van der Waals surface area (Å²) in [6.45, 7) is 5.79. The number of benzene rings is 1. The summed E-state index contributed by atoms with van der Waals surface area (Å²) < 4.78 is 15.2. The zero-order valence-electron chi connectivity index (χ0n) is 10.5. The third-order valence-electron chi connectivity index (χ3n) is 2.74. The standard InChI is InChI=1S/C12H14ClFN4/c1-7-4-10(5-8(2)11(7)14)6-18-12(9(3)13)15-16-17-18/h4-5,9H,6H2,1-3H3. The Kier molecular flexibility index (Phi) is 3.61. The molecule has 18 heavy (non-hydrogen) atoms. The minimum absolute atomic E-state index is 0.165. The van der Waals surface area contributed by atoms with E-state index in [1.54, 1.807) is 30.7 Å². The van der Waals surface area contributed by atoms with E-state index in [4.69, 9.17) is 11.6 Å². The van der Waals surface area contributed by atoms with Crippen LogP contribution in [0.4, 0.5) is 4.39 Å². The Morgan fingerprint density at radius 2 is 1.94 bits per heavy atom. The first-order valence-electron chi connectivity index (χ1n) is 5.64. The van der Waals surface area contributed by atoms with Gasteiger partial charge in [-0.2, -0.15) is 0 Å². The van der Waals surface area contributed by atoms with Crippen molar-refractivity contribution in [3.63, 3.8) is 0 Å². The van der Waals surface area contributed by atoms with Crippen LogP contribution >= 0.6 is 11.6 Å². The van der Waals surface area contributed by atoms with Gasteiger partial charge in [-0.25, -0.2) is 9.07 Å². The van der Waals surface area contributed by atoms with Gasteiger partial charge in [0.15, 0.2) is 5.82 Å². The summed E-state index contributed by atoms with van der Waals surface area (Å²) in [5, 5.41) is 11.1. The number of nitrogens with zero attached hydrogens (tertiary/aromatic N) is 4. The first kappa shape index (κ1) is 13.0. The Hall–Kier alpha value is -1.49. The third kappa shape index (κ3) is 2.51. The highest BCUT2D eigenvalue weighted by Gasteiger charge is 2.13. The summed E-state index contributed by atoms with van der Waals surface area (Å²) in [6, 6.07) is 3.60. The smallest absolute Gasteiger partial charge is 0.169 e. The highest BCUT2D eigenvalue weighted by atomic mass is 35.5. The van der Waals surface area contributed by atoms with Crippen LogP contribution < -0.4 is 0 Å². The van der Waals surface area contributed by atoms with Gasteiger partial charge in [0.2, 0.25) is 0 Å². The predicted molar refractivity (Wildman–Crippen MR) is 67.1 cm³/mol. The molecule has 0 spiro atoms. The molecule has 1 atom stereocenters. The highest BCUT2D eigenvalue weighted by Crippen LogP contribution is 2.19. The normalized spacial score (nSPS) is 12.7. The molecular weight excluding hydrogens is 255 g/mol. The van der Waals surface area contributed by atoms with Crippen molar-refractivity contribution in [2.75, 3.05) is 0 Å². The minimum Gasteiger partial charge on any atom is -0.224 e. The number of hydrogen-bond acceptors (Lipinski definition) is 3. The second-order valence-corrected chi connectivity index (χ2v) is 5.01. The molecule has 0 N–H and O–H groups in total. The molecule has 4 nitrogen and oxygen atoms in total. The van der Waals surface area contributed by atoms with Crippen molar-refractivity contribution in [3.8, 4) is 0 Å². The Morgan fingerprint density at radius 3 is 2.50 bits per heavy atom. The van der Waals surface area contributed by atoms with Crippen LogP contribution in [0.15, 0.2) is 12.1 Å². The van der Waals surface area contributed by atoms with Gasteiger partial charge in [0.25, 0.3) is 0 Å². The topological polar surface area (TPSA) is 43.6 Å². The maximum absolute atomic E-state index is 13.5. The van der Waals surface area contributed by atoms with Gasteiger partial charge in [0.1, 0.15) is 5.82 Å². The van der Waals surface area contributed by atoms with Gasteiger partial charge in [0, 0.05) is 0 Å². The van der Waals surface area contributed by atoms with E-state index in [1.807, 2.05) is 6.92 Å². The molecule has 0 saturated carbocycles. The zero-order valence-corrected chi connectivity index (χ0v) is 11.2. The maximum atomic E-state index is 13.5. The highest BCUT2D eigenvalue weighted by molar-refractivity contribution is 6.20. The first-order chi connectivity index (χ1) is 8.49. The summed E-state index contributed by atoms with van der Waals surface area (Å²) in [4.78, 5) is 0. The van der Waals surface area contributed by atoms with E-state index in [9.17, 15) is 4.39 Å². The van der Waals surface area contributed by atoms with Crippen molar-refractivity contribution in [2.45, 2.75) is 32.7 Å². The summed E-state index contributed by atoms with van der Waals surface area (Å²) in [7, 11) is 0. The van der Waals surface area contributed by atoms with Gasteiger partial charge in [-0.1, -0.05) is 12.1 Å². The minimum atomic E-state index is -0.261. The molecule has 2 aromatic rings. The molecule has 1 unspecified atom stereocenters. The fraction of sp³-hybridized carbons (Fsp3) is 0.417. The number of hydrogen-bond donors (Lipinski definition) is 0. The predicted octanol–water partition coefficient (Wildman–Crippen LogP) is 2.78. The Morgan fingerprint density at radius 1 is 1.33 bits per heavy atom. The molecular formula is C12H14ClFN4. The molecule has 6 heteroatoms. The molecule has 96 valence electrons. The number of rotatable bonds is 3. The van der Waals surface area contributed by atoms with E-state index in [-0.39, 0.29) is 11.2 Å².